The predicted octanol–water partition coefficient (Wildman–Crippen LogP) is 16.1. The SMILES string of the molecule is N#Cc1ccc2c(c1)c1cc(C#N)ccc1n2-c1c(C#N)c(-c2nc(-c3ccccc3)nc(-c3ccccc3)n2)c(-n2c3ccc(C#N)cc3c3cc(C#N)ccc32)c(-n2c3ccc(C#N)cc3c3cc(C#N)ccc32)c1-n1c2ccc(C#N)cc2c2cc(C#N)ccc21. The molecule has 0 spiro atoms. The van der Waals surface area contributed by atoms with Crippen molar-refractivity contribution in [3.63, 3.8) is 0 Å². The van der Waals surface area contributed by atoms with E-state index in [1.807, 2.05) is 123 Å². The molecule has 0 amide bonds. The highest BCUT2D eigenvalue weighted by Gasteiger charge is 2.37. The lowest BCUT2D eigenvalue weighted by atomic mass is 9.96. The Kier molecular flexibility index (Phi) is 12.2. The normalized spacial score (nSPS) is 11.1. The molecule has 426 valence electrons. The Morgan fingerprint density at radius 2 is 0.447 bits per heavy atom. The first-order chi connectivity index (χ1) is 46.2. The summed E-state index contributed by atoms with van der Waals surface area (Å²) in [4.78, 5) is 16.2. The zero-order valence-electron chi connectivity index (χ0n) is 48.8. The number of nitriles is 9. The highest BCUT2D eigenvalue weighted by molar-refractivity contribution is 6.18. The molecule has 0 fully saturated rings. The number of nitrogens with zero attached hydrogens (tertiary/aromatic N) is 16. The van der Waals surface area contributed by atoms with Gasteiger partial charge >= 0.3 is 0 Å². The third-order valence-corrected chi connectivity index (χ3v) is 17.4. The number of benzene rings is 11. The summed E-state index contributed by atoms with van der Waals surface area (Å²) in [5.41, 5.74) is 9.44. The van der Waals surface area contributed by atoms with E-state index < -0.39 is 0 Å². The summed E-state index contributed by atoms with van der Waals surface area (Å²) >= 11 is 0. The van der Waals surface area contributed by atoms with E-state index in [2.05, 4.69) is 59.2 Å². The molecular weight excluding hydrogens is 1160 g/mol. The fourth-order valence-electron chi connectivity index (χ4n) is 13.4. The van der Waals surface area contributed by atoms with Crippen LogP contribution in [0.3, 0.4) is 0 Å². The molecule has 0 aliphatic carbocycles. The lowest BCUT2D eigenvalue weighted by molar-refractivity contribution is 1.01. The third kappa shape index (κ3) is 8.06. The van der Waals surface area contributed by atoms with Crippen LogP contribution in [0, 0.1) is 102 Å². The molecule has 0 radical (unpaired) electrons. The van der Waals surface area contributed by atoms with Crippen LogP contribution in [0.5, 0.6) is 0 Å². The molecule has 94 heavy (non-hydrogen) atoms. The Labute approximate surface area is 532 Å². The van der Waals surface area contributed by atoms with E-state index in [1.54, 1.807) is 97.1 Å². The lowest BCUT2D eigenvalue weighted by Crippen LogP contribution is -2.17. The Morgan fingerprint density at radius 1 is 0.223 bits per heavy atom. The van der Waals surface area contributed by atoms with Crippen LogP contribution in [0.4, 0.5) is 0 Å². The molecule has 16 rings (SSSR count). The van der Waals surface area contributed by atoms with E-state index in [9.17, 15) is 47.4 Å². The fraction of sp³-hybridized carbons (Fsp3) is 0. The van der Waals surface area contributed by atoms with Gasteiger partial charge in [-0.05, 0) is 146 Å². The molecule has 5 aromatic heterocycles. The molecule has 0 aliphatic rings. The zero-order valence-corrected chi connectivity index (χ0v) is 48.8. The van der Waals surface area contributed by atoms with Gasteiger partial charge in [-0.1, -0.05) is 60.7 Å². The van der Waals surface area contributed by atoms with Crippen LogP contribution < -0.4 is 0 Å². The van der Waals surface area contributed by atoms with Crippen molar-refractivity contribution in [2.45, 2.75) is 0 Å². The van der Waals surface area contributed by atoms with Crippen LogP contribution in [-0.2, 0) is 0 Å². The van der Waals surface area contributed by atoms with Gasteiger partial charge < -0.3 is 18.3 Å². The van der Waals surface area contributed by atoms with Gasteiger partial charge in [0, 0.05) is 54.2 Å². The first-order valence-corrected chi connectivity index (χ1v) is 29.3. The molecule has 0 unspecified atom stereocenters. The standard InChI is InChI=1S/C78H34N16/c79-35-44-11-19-63-54(27-44)55-28-45(36-80)12-20-64(55)91(63)72-62(43-87)71(78-89-76(52-7-3-1-4-8-52)88-77(90-78)53-9-5-2-6-10-53)73(92-65-21-13-46(37-81)29-56(65)57-30-47(38-82)14-22-66(57)92)75(94-69-25-17-50(41-85)33-60(69)61-34-51(42-86)18-26-70(61)94)74(72)93-67-23-15-48(39-83)31-58(67)59-32-49(40-84)16-24-68(59)93/h1-34H. The van der Waals surface area contributed by atoms with E-state index in [4.69, 9.17) is 15.0 Å². The average molecular weight is 1200 g/mol. The van der Waals surface area contributed by atoms with Crippen molar-refractivity contribution in [2.24, 2.45) is 0 Å². The van der Waals surface area contributed by atoms with Crippen LogP contribution in [0.2, 0.25) is 0 Å². The van der Waals surface area contributed by atoms with Gasteiger partial charge in [0.05, 0.1) is 171 Å². The minimum absolute atomic E-state index is 0.000580. The van der Waals surface area contributed by atoms with Crippen LogP contribution in [0.1, 0.15) is 50.1 Å². The van der Waals surface area contributed by atoms with Gasteiger partial charge in [-0.15, -0.1) is 0 Å². The minimum Gasteiger partial charge on any atom is -0.306 e. The number of fused-ring (bicyclic) bond motifs is 12. The quantitative estimate of drug-likeness (QED) is 0.144. The average Bonchev–Trinajstić information content (AvgIpc) is 1.44. The van der Waals surface area contributed by atoms with Gasteiger partial charge in [0.2, 0.25) is 0 Å². The molecule has 11 aromatic carbocycles. The Hall–Kier alpha value is -15.0. The summed E-state index contributed by atoms with van der Waals surface area (Å²) in [7, 11) is 0. The molecule has 16 aromatic rings. The van der Waals surface area contributed by atoms with Crippen molar-refractivity contribution < 1.29 is 0 Å². The highest BCUT2D eigenvalue weighted by Crippen LogP contribution is 2.52. The highest BCUT2D eigenvalue weighted by atomic mass is 15.2. The van der Waals surface area contributed by atoms with Gasteiger partial charge in [-0.3, -0.25) is 0 Å². The number of hydrogen-bond acceptors (Lipinski definition) is 12. The first kappa shape index (κ1) is 54.4. The Morgan fingerprint density at radius 3 is 0.691 bits per heavy atom. The molecule has 0 atom stereocenters. The smallest absolute Gasteiger partial charge is 0.167 e. The van der Waals surface area contributed by atoms with Crippen LogP contribution in [0.15, 0.2) is 206 Å². The van der Waals surface area contributed by atoms with E-state index in [0.717, 1.165) is 0 Å². The zero-order chi connectivity index (χ0) is 64.0. The van der Waals surface area contributed by atoms with Crippen molar-refractivity contribution in [3.05, 3.63) is 256 Å². The molecule has 0 saturated heterocycles. The summed E-state index contributed by atoms with van der Waals surface area (Å²) in [6, 6.07) is 82.6. The Balaban J connectivity index is 1.29. The fourth-order valence-corrected chi connectivity index (χ4v) is 13.4. The second-order valence-corrected chi connectivity index (χ2v) is 22.4. The van der Waals surface area contributed by atoms with E-state index in [-0.39, 0.29) is 40.0 Å². The second kappa shape index (κ2) is 21.1. The van der Waals surface area contributed by atoms with Crippen molar-refractivity contribution in [1.29, 1.82) is 47.4 Å². The molecule has 0 saturated carbocycles. The first-order valence-electron chi connectivity index (χ1n) is 29.3. The summed E-state index contributed by atoms with van der Waals surface area (Å²) in [6.07, 6.45) is 0. The molecule has 16 nitrogen and oxygen atoms in total. The van der Waals surface area contributed by atoms with E-state index in [1.165, 1.54) is 0 Å². The molecule has 0 bridgehead atoms. The molecule has 16 heteroatoms. The van der Waals surface area contributed by atoms with Gasteiger partial charge in [0.25, 0.3) is 0 Å². The van der Waals surface area contributed by atoms with Crippen LogP contribution in [-0.4, -0.2) is 33.2 Å². The van der Waals surface area contributed by atoms with Crippen molar-refractivity contribution in [1.82, 2.24) is 33.2 Å². The van der Waals surface area contributed by atoms with Gasteiger partial charge in [0.15, 0.2) is 17.5 Å². The summed E-state index contributed by atoms with van der Waals surface area (Å²) in [5, 5.41) is 103. The van der Waals surface area contributed by atoms with Gasteiger partial charge in [0.1, 0.15) is 6.07 Å². The molecular formula is C78H34N16. The monoisotopic (exact) mass is 1190 g/mol. The maximum absolute atomic E-state index is 13.1. The molecule has 5 heterocycles. The summed E-state index contributed by atoms with van der Waals surface area (Å²) in [6.45, 7) is 0. The third-order valence-electron chi connectivity index (χ3n) is 17.4. The van der Waals surface area contributed by atoms with Crippen molar-refractivity contribution in [2.75, 3.05) is 0 Å². The van der Waals surface area contributed by atoms with E-state index >= 15 is 0 Å². The van der Waals surface area contributed by atoms with Gasteiger partial charge in [-0.25, -0.2) is 15.0 Å². The topological polar surface area (TPSA) is 272 Å². The number of rotatable bonds is 7. The van der Waals surface area contributed by atoms with Crippen LogP contribution in [0.25, 0.3) is 144 Å². The minimum atomic E-state index is -0.000580. The summed E-state index contributed by atoms with van der Waals surface area (Å²) in [5.74, 6) is 0.540. The van der Waals surface area contributed by atoms with Gasteiger partial charge in [-0.2, -0.15) is 47.4 Å². The molecule has 0 aliphatic heterocycles. The Bertz CT molecular complexity index is 6190. The lowest BCUT2D eigenvalue weighted by Gasteiger charge is -2.29. The maximum Gasteiger partial charge on any atom is 0.167 e. The largest absolute Gasteiger partial charge is 0.306 e. The van der Waals surface area contributed by atoms with E-state index in [0.29, 0.717) is 154 Å². The predicted molar refractivity (Wildman–Crippen MR) is 356 cm³/mol. The van der Waals surface area contributed by atoms with Crippen molar-refractivity contribution >= 4 is 87.2 Å². The summed E-state index contributed by atoms with van der Waals surface area (Å²) < 4.78 is 8.04. The maximum atomic E-state index is 13.1. The van der Waals surface area contributed by atoms with Crippen molar-refractivity contribution in [3.8, 4) is 112 Å². The second-order valence-electron chi connectivity index (χ2n) is 22.4. The molecule has 0 N–H and O–H groups in total. The number of aromatic nitrogens is 7. The number of hydrogen-bond donors (Lipinski definition) is 0. The van der Waals surface area contributed by atoms with Crippen LogP contribution >= 0.6 is 0 Å².